The van der Waals surface area contributed by atoms with Crippen molar-refractivity contribution in [1.82, 2.24) is 20.3 Å². The lowest BCUT2D eigenvalue weighted by Gasteiger charge is -2.23. The van der Waals surface area contributed by atoms with Crippen LogP contribution < -0.4 is 5.32 Å². The zero-order valence-corrected chi connectivity index (χ0v) is 9.61. The van der Waals surface area contributed by atoms with Gasteiger partial charge in [-0.1, -0.05) is 5.21 Å². The third-order valence-corrected chi connectivity index (χ3v) is 3.03. The summed E-state index contributed by atoms with van der Waals surface area (Å²) in [5, 5.41) is 11.6. The van der Waals surface area contributed by atoms with Crippen molar-refractivity contribution in [2.24, 2.45) is 5.92 Å². The molecule has 1 aliphatic heterocycles. The van der Waals surface area contributed by atoms with Crippen LogP contribution in [0.3, 0.4) is 0 Å². The van der Waals surface area contributed by atoms with Crippen molar-refractivity contribution >= 4 is 0 Å². The van der Waals surface area contributed by atoms with Crippen LogP contribution >= 0.6 is 0 Å². The average Bonchev–Trinajstić information content (AvgIpc) is 2.67. The Bertz CT molecular complexity index is 299. The third kappa shape index (κ3) is 2.56. The van der Waals surface area contributed by atoms with E-state index in [0.29, 0.717) is 6.04 Å². The van der Waals surface area contributed by atoms with Gasteiger partial charge in [0.25, 0.3) is 0 Å². The van der Waals surface area contributed by atoms with Crippen LogP contribution in [0.2, 0.25) is 0 Å². The number of rotatable bonds is 3. The van der Waals surface area contributed by atoms with Crippen molar-refractivity contribution in [3.8, 4) is 0 Å². The minimum atomic E-state index is 0.416. The van der Waals surface area contributed by atoms with E-state index in [2.05, 4.69) is 29.5 Å². The van der Waals surface area contributed by atoms with Gasteiger partial charge in [-0.2, -0.15) is 0 Å². The van der Waals surface area contributed by atoms with Gasteiger partial charge in [0.2, 0.25) is 0 Å². The molecular weight excluding hydrogens is 188 g/mol. The maximum Gasteiger partial charge on any atom is 0.0725 e. The maximum absolute atomic E-state index is 4.13. The minimum Gasteiger partial charge on any atom is -0.316 e. The molecule has 1 saturated heterocycles. The van der Waals surface area contributed by atoms with Crippen LogP contribution in [0, 0.1) is 5.92 Å². The van der Waals surface area contributed by atoms with Gasteiger partial charge in [-0.3, -0.25) is 0 Å². The summed E-state index contributed by atoms with van der Waals surface area (Å²) < 4.78 is 2.04. The first-order valence-corrected chi connectivity index (χ1v) is 5.87. The van der Waals surface area contributed by atoms with Crippen LogP contribution in [0.25, 0.3) is 0 Å². The molecule has 4 nitrogen and oxygen atoms in total. The molecule has 1 aromatic rings. The Hall–Kier alpha value is -0.900. The van der Waals surface area contributed by atoms with Gasteiger partial charge in [0, 0.05) is 6.04 Å². The second-order valence-corrected chi connectivity index (χ2v) is 4.68. The highest BCUT2D eigenvalue weighted by Crippen LogP contribution is 2.17. The molecule has 1 aromatic heterocycles. The third-order valence-electron chi connectivity index (χ3n) is 3.03. The summed E-state index contributed by atoms with van der Waals surface area (Å²) in [7, 11) is 0. The van der Waals surface area contributed by atoms with E-state index in [1.807, 2.05) is 10.9 Å². The molecule has 2 rings (SSSR count). The molecule has 0 amide bonds. The topological polar surface area (TPSA) is 42.7 Å². The second-order valence-electron chi connectivity index (χ2n) is 4.68. The van der Waals surface area contributed by atoms with Crippen molar-refractivity contribution in [2.45, 2.75) is 39.2 Å². The van der Waals surface area contributed by atoms with E-state index in [0.717, 1.165) is 18.9 Å². The summed E-state index contributed by atoms with van der Waals surface area (Å²) in [4.78, 5) is 0. The van der Waals surface area contributed by atoms with E-state index in [1.54, 1.807) is 0 Å². The normalized spacial score (nSPS) is 22.2. The summed E-state index contributed by atoms with van der Waals surface area (Å²) >= 11 is 0. The Balaban J connectivity index is 1.99. The maximum atomic E-state index is 4.13. The molecule has 0 bridgehead atoms. The lowest BCUT2D eigenvalue weighted by molar-refractivity contribution is 0.362. The molecule has 1 aliphatic rings. The highest BCUT2D eigenvalue weighted by molar-refractivity contribution is 4.98. The molecule has 0 saturated carbocycles. The largest absolute Gasteiger partial charge is 0.316 e. The highest BCUT2D eigenvalue weighted by atomic mass is 15.4. The molecule has 4 heteroatoms. The molecule has 0 aromatic carbocycles. The summed E-state index contributed by atoms with van der Waals surface area (Å²) in [5.41, 5.74) is 1.28. The van der Waals surface area contributed by atoms with E-state index in [-0.39, 0.29) is 0 Å². The molecule has 0 spiro atoms. The van der Waals surface area contributed by atoms with Crippen molar-refractivity contribution in [1.29, 1.82) is 0 Å². The van der Waals surface area contributed by atoms with E-state index >= 15 is 0 Å². The van der Waals surface area contributed by atoms with Gasteiger partial charge in [-0.25, -0.2) is 4.68 Å². The molecule has 1 unspecified atom stereocenters. The first kappa shape index (κ1) is 10.6. The minimum absolute atomic E-state index is 0.416. The van der Waals surface area contributed by atoms with Gasteiger partial charge >= 0.3 is 0 Å². The van der Waals surface area contributed by atoms with Gasteiger partial charge < -0.3 is 5.32 Å². The van der Waals surface area contributed by atoms with Crippen LogP contribution in [-0.2, 0) is 6.42 Å². The number of hydrogen-bond acceptors (Lipinski definition) is 3. The van der Waals surface area contributed by atoms with Gasteiger partial charge in [0.05, 0.1) is 11.9 Å². The Labute approximate surface area is 91.1 Å². The molecule has 2 heterocycles. The van der Waals surface area contributed by atoms with E-state index in [1.165, 1.54) is 25.1 Å². The van der Waals surface area contributed by atoms with Crippen molar-refractivity contribution < 1.29 is 0 Å². The van der Waals surface area contributed by atoms with Crippen molar-refractivity contribution in [3.05, 3.63) is 11.9 Å². The fraction of sp³-hybridized carbons (Fsp3) is 0.818. The highest BCUT2D eigenvalue weighted by Gasteiger charge is 2.16. The van der Waals surface area contributed by atoms with Crippen LogP contribution in [0.1, 0.15) is 38.4 Å². The predicted molar refractivity (Wildman–Crippen MR) is 59.7 cm³/mol. The molecule has 15 heavy (non-hydrogen) atoms. The van der Waals surface area contributed by atoms with E-state index in [4.69, 9.17) is 0 Å². The number of hydrogen-bond donors (Lipinski definition) is 1. The lowest BCUT2D eigenvalue weighted by atomic mass is 9.95. The average molecular weight is 208 g/mol. The van der Waals surface area contributed by atoms with Gasteiger partial charge in [-0.05, 0) is 52.1 Å². The Morgan fingerprint density at radius 1 is 1.60 bits per heavy atom. The molecule has 84 valence electrons. The first-order chi connectivity index (χ1) is 7.27. The smallest absolute Gasteiger partial charge is 0.0725 e. The van der Waals surface area contributed by atoms with Crippen molar-refractivity contribution in [2.75, 3.05) is 13.1 Å². The standard InChI is InChI=1S/C11H20N4/c1-9(2)15-11(8-13-14-15)6-10-4-3-5-12-7-10/h8-10,12H,3-7H2,1-2H3. The summed E-state index contributed by atoms with van der Waals surface area (Å²) in [6, 6.07) is 0.416. The number of nitrogens with one attached hydrogen (secondary N) is 1. The molecule has 0 radical (unpaired) electrons. The van der Waals surface area contributed by atoms with Gasteiger partial charge in [0.15, 0.2) is 0 Å². The first-order valence-electron chi connectivity index (χ1n) is 5.87. The summed E-state index contributed by atoms with van der Waals surface area (Å²) in [6.07, 6.45) is 5.65. The van der Waals surface area contributed by atoms with Crippen LogP contribution in [-0.4, -0.2) is 28.1 Å². The Kier molecular flexibility index (Phi) is 3.36. The summed E-state index contributed by atoms with van der Waals surface area (Å²) in [6.45, 7) is 6.62. The quantitative estimate of drug-likeness (QED) is 0.816. The molecule has 0 aliphatic carbocycles. The Morgan fingerprint density at radius 3 is 3.13 bits per heavy atom. The fourth-order valence-electron chi connectivity index (χ4n) is 2.24. The zero-order chi connectivity index (χ0) is 10.7. The second kappa shape index (κ2) is 4.75. The Morgan fingerprint density at radius 2 is 2.47 bits per heavy atom. The van der Waals surface area contributed by atoms with Gasteiger partial charge in [-0.15, -0.1) is 5.10 Å². The van der Waals surface area contributed by atoms with Crippen molar-refractivity contribution in [3.63, 3.8) is 0 Å². The van der Waals surface area contributed by atoms with Crippen LogP contribution in [0.15, 0.2) is 6.20 Å². The van der Waals surface area contributed by atoms with Crippen LogP contribution in [0.5, 0.6) is 0 Å². The number of aromatic nitrogens is 3. The van der Waals surface area contributed by atoms with Gasteiger partial charge in [0.1, 0.15) is 0 Å². The summed E-state index contributed by atoms with van der Waals surface area (Å²) in [5.74, 6) is 0.759. The molecule has 1 atom stereocenters. The molecule has 1 N–H and O–H groups in total. The monoisotopic (exact) mass is 208 g/mol. The molecular formula is C11H20N4. The van der Waals surface area contributed by atoms with E-state index < -0.39 is 0 Å². The number of piperidine rings is 1. The number of nitrogens with zero attached hydrogens (tertiary/aromatic N) is 3. The predicted octanol–water partition coefficient (Wildman–Crippen LogP) is 1.40. The fourth-order valence-corrected chi connectivity index (χ4v) is 2.24. The lowest BCUT2D eigenvalue weighted by Crippen LogP contribution is -2.31. The molecule has 1 fully saturated rings. The van der Waals surface area contributed by atoms with Crippen LogP contribution in [0.4, 0.5) is 0 Å². The zero-order valence-electron chi connectivity index (χ0n) is 9.61. The van der Waals surface area contributed by atoms with E-state index in [9.17, 15) is 0 Å². The SMILES string of the molecule is CC(C)n1nncc1CC1CCCNC1.